The minimum absolute atomic E-state index is 0.417. The molecular weight excluding hydrogens is 245 g/mol. The number of phosphoric acid groups is 1. The highest BCUT2D eigenvalue weighted by Crippen LogP contribution is 2.48. The van der Waals surface area contributed by atoms with Crippen molar-refractivity contribution in [1.29, 1.82) is 0 Å². The number of phosphoric ester groups is 1. The molecule has 1 rings (SSSR count). The van der Waals surface area contributed by atoms with Gasteiger partial charge in [0.2, 0.25) is 0 Å². The molecule has 0 amide bonds. The van der Waals surface area contributed by atoms with E-state index in [0.717, 1.165) is 7.11 Å². The Bertz CT molecular complexity index is 313. The van der Waals surface area contributed by atoms with E-state index >= 15 is 0 Å². The molecule has 0 spiro atoms. The molecule has 1 aliphatic rings. The van der Waals surface area contributed by atoms with Crippen molar-refractivity contribution in [3.8, 4) is 0 Å². The number of piperidine rings is 1. The largest absolute Gasteiger partial charge is 0.472 e. The predicted molar refractivity (Wildman–Crippen MR) is 62.7 cm³/mol. The summed E-state index contributed by atoms with van der Waals surface area (Å²) in [4.78, 5) is 9.32. The van der Waals surface area contributed by atoms with Gasteiger partial charge >= 0.3 is 7.82 Å². The van der Waals surface area contributed by atoms with Gasteiger partial charge in [-0.1, -0.05) is 0 Å². The monoisotopic (exact) mass is 267 g/mol. The van der Waals surface area contributed by atoms with E-state index in [0.29, 0.717) is 12.8 Å². The third kappa shape index (κ3) is 3.50. The highest BCUT2D eigenvalue weighted by molar-refractivity contribution is 7.47. The first-order chi connectivity index (χ1) is 7.50. The molecule has 0 aliphatic carbocycles. The summed E-state index contributed by atoms with van der Waals surface area (Å²) in [5.74, 6) is 0. The Balaban J connectivity index is 2.82. The topological polar surface area (TPSA) is 79.2 Å². The molecule has 0 bridgehead atoms. The van der Waals surface area contributed by atoms with Crippen LogP contribution in [0.1, 0.15) is 40.5 Å². The van der Waals surface area contributed by atoms with E-state index in [4.69, 9.17) is 4.52 Å². The summed E-state index contributed by atoms with van der Waals surface area (Å²) in [5.41, 5.74) is -1.03. The summed E-state index contributed by atoms with van der Waals surface area (Å²) >= 11 is 0. The van der Waals surface area contributed by atoms with Gasteiger partial charge in [0.1, 0.15) is 0 Å². The smallest absolute Gasteiger partial charge is 0.313 e. The van der Waals surface area contributed by atoms with Crippen molar-refractivity contribution in [3.05, 3.63) is 0 Å². The van der Waals surface area contributed by atoms with Crippen LogP contribution < -0.4 is 0 Å². The molecule has 7 heteroatoms. The lowest BCUT2D eigenvalue weighted by molar-refractivity contribution is -0.255. The van der Waals surface area contributed by atoms with Crippen LogP contribution in [0.4, 0.5) is 0 Å². The van der Waals surface area contributed by atoms with Crippen LogP contribution in [0.3, 0.4) is 0 Å². The van der Waals surface area contributed by atoms with Gasteiger partial charge in [-0.2, -0.15) is 5.06 Å². The molecule has 0 aromatic rings. The van der Waals surface area contributed by atoms with Gasteiger partial charge in [0, 0.05) is 18.2 Å². The van der Waals surface area contributed by atoms with Gasteiger partial charge in [0.15, 0.2) is 0 Å². The van der Waals surface area contributed by atoms with Crippen LogP contribution >= 0.6 is 7.82 Å². The third-order valence-electron chi connectivity index (χ3n) is 3.11. The van der Waals surface area contributed by atoms with Crippen LogP contribution in [0, 0.1) is 0 Å². The molecule has 1 heterocycles. The zero-order valence-electron chi connectivity index (χ0n) is 11.0. The molecule has 1 unspecified atom stereocenters. The maximum absolute atomic E-state index is 11.4. The third-order valence-corrected chi connectivity index (χ3v) is 4.14. The highest BCUT2D eigenvalue weighted by Gasteiger charge is 2.47. The zero-order chi connectivity index (χ0) is 13.5. The van der Waals surface area contributed by atoms with Gasteiger partial charge in [-0.3, -0.25) is 9.05 Å². The van der Waals surface area contributed by atoms with Gasteiger partial charge in [0.05, 0.1) is 6.10 Å². The van der Waals surface area contributed by atoms with Crippen LogP contribution in [0.5, 0.6) is 0 Å². The lowest BCUT2D eigenvalue weighted by atomic mass is 9.80. The van der Waals surface area contributed by atoms with E-state index in [9.17, 15) is 14.7 Å². The summed E-state index contributed by atoms with van der Waals surface area (Å²) in [5, 5.41) is 11.3. The van der Waals surface area contributed by atoms with Crippen molar-refractivity contribution in [2.45, 2.75) is 57.7 Å². The first-order valence-corrected chi connectivity index (χ1v) is 7.06. The quantitative estimate of drug-likeness (QED) is 0.763. The fourth-order valence-corrected chi connectivity index (χ4v) is 3.10. The number of rotatable bonds is 3. The molecule has 0 aromatic carbocycles. The maximum atomic E-state index is 11.4. The Labute approximate surface area is 102 Å². The van der Waals surface area contributed by atoms with Crippen LogP contribution in [0.2, 0.25) is 0 Å². The molecule has 0 radical (unpaired) electrons. The minimum Gasteiger partial charge on any atom is -0.313 e. The van der Waals surface area contributed by atoms with Crippen LogP contribution in [0.15, 0.2) is 0 Å². The van der Waals surface area contributed by atoms with E-state index in [-0.39, 0.29) is 0 Å². The van der Waals surface area contributed by atoms with E-state index < -0.39 is 25.0 Å². The van der Waals surface area contributed by atoms with Crippen molar-refractivity contribution < 1.29 is 23.7 Å². The Morgan fingerprint density at radius 2 is 1.65 bits per heavy atom. The second kappa shape index (κ2) is 4.61. The standard InChI is InChI=1S/C10H22NO5P/c1-9(2)6-8(16-17(13,14)15-5)7-10(3,4)11(9)12/h8,12H,6-7H2,1-5H3,(H,13,14). The highest BCUT2D eigenvalue weighted by atomic mass is 31.2. The Hall–Kier alpha value is 0.0300. The normalized spacial score (nSPS) is 28.9. The molecule has 1 saturated heterocycles. The Morgan fingerprint density at radius 3 is 2.00 bits per heavy atom. The van der Waals surface area contributed by atoms with E-state index in [1.165, 1.54) is 5.06 Å². The SMILES string of the molecule is COP(=O)(O)OC1CC(C)(C)N(O)C(C)(C)C1. The van der Waals surface area contributed by atoms with Crippen LogP contribution in [0.25, 0.3) is 0 Å². The lowest BCUT2D eigenvalue weighted by Gasteiger charge is -2.51. The van der Waals surface area contributed by atoms with Gasteiger partial charge in [-0.05, 0) is 40.5 Å². The van der Waals surface area contributed by atoms with Crippen molar-refractivity contribution >= 4 is 7.82 Å². The van der Waals surface area contributed by atoms with E-state index in [2.05, 4.69) is 4.52 Å². The Morgan fingerprint density at radius 1 is 1.24 bits per heavy atom. The molecule has 17 heavy (non-hydrogen) atoms. The summed E-state index contributed by atoms with van der Waals surface area (Å²) in [6, 6.07) is 0. The number of hydroxylamine groups is 2. The van der Waals surface area contributed by atoms with Crippen LogP contribution in [-0.4, -0.2) is 39.5 Å². The molecule has 1 aliphatic heterocycles. The molecular formula is C10H22NO5P. The number of hydrogen-bond acceptors (Lipinski definition) is 5. The summed E-state index contributed by atoms with van der Waals surface area (Å²) in [6.45, 7) is 7.44. The average molecular weight is 267 g/mol. The first-order valence-electron chi connectivity index (χ1n) is 5.56. The fraction of sp³-hybridized carbons (Fsp3) is 1.00. The number of nitrogens with zero attached hydrogens (tertiary/aromatic N) is 1. The zero-order valence-corrected chi connectivity index (χ0v) is 11.9. The summed E-state index contributed by atoms with van der Waals surface area (Å²) in [6.07, 6.45) is 0.501. The van der Waals surface area contributed by atoms with Gasteiger partial charge < -0.3 is 10.1 Å². The van der Waals surface area contributed by atoms with E-state index in [1.54, 1.807) is 0 Å². The molecule has 1 fully saturated rings. The van der Waals surface area contributed by atoms with Gasteiger partial charge in [-0.25, -0.2) is 4.57 Å². The lowest BCUT2D eigenvalue weighted by Crippen LogP contribution is -2.60. The van der Waals surface area contributed by atoms with Crippen molar-refractivity contribution in [3.63, 3.8) is 0 Å². The summed E-state index contributed by atoms with van der Waals surface area (Å²) < 4.78 is 20.9. The van der Waals surface area contributed by atoms with Gasteiger partial charge in [0.25, 0.3) is 0 Å². The second-order valence-electron chi connectivity index (χ2n) is 5.72. The van der Waals surface area contributed by atoms with Crippen LogP contribution in [-0.2, 0) is 13.6 Å². The Kier molecular flexibility index (Phi) is 4.09. The fourth-order valence-electron chi connectivity index (χ4n) is 2.48. The molecule has 102 valence electrons. The molecule has 0 aromatic heterocycles. The van der Waals surface area contributed by atoms with Crippen molar-refractivity contribution in [2.24, 2.45) is 0 Å². The second-order valence-corrected chi connectivity index (χ2v) is 7.24. The van der Waals surface area contributed by atoms with Crippen molar-refractivity contribution in [1.82, 2.24) is 5.06 Å². The average Bonchev–Trinajstić information content (AvgIpc) is 2.12. The maximum Gasteiger partial charge on any atom is 0.472 e. The molecule has 2 N–H and O–H groups in total. The predicted octanol–water partition coefficient (Wildman–Crippen LogP) is 2.16. The number of hydrogen-bond donors (Lipinski definition) is 2. The van der Waals surface area contributed by atoms with E-state index in [1.807, 2.05) is 27.7 Å². The molecule has 0 saturated carbocycles. The minimum atomic E-state index is -3.97. The molecule has 1 atom stereocenters. The van der Waals surface area contributed by atoms with Crippen molar-refractivity contribution in [2.75, 3.05) is 7.11 Å². The first kappa shape index (κ1) is 15.1. The molecule has 6 nitrogen and oxygen atoms in total. The van der Waals surface area contributed by atoms with Gasteiger partial charge in [-0.15, -0.1) is 0 Å². The summed E-state index contributed by atoms with van der Waals surface area (Å²) in [7, 11) is -2.84.